The summed E-state index contributed by atoms with van der Waals surface area (Å²) in [6.45, 7) is 0. The number of benzene rings is 2. The topological polar surface area (TPSA) is 105 Å². The van der Waals surface area contributed by atoms with E-state index in [0.29, 0.717) is 40.1 Å². The molecular weight excluding hydrogens is 402 g/mol. The normalized spacial score (nSPS) is 10.5. The Balaban J connectivity index is 1.58. The molecule has 4 aromatic rings. The van der Waals surface area contributed by atoms with Gasteiger partial charge >= 0.3 is 5.63 Å². The van der Waals surface area contributed by atoms with Crippen molar-refractivity contribution in [3.8, 4) is 28.9 Å². The van der Waals surface area contributed by atoms with Crippen LogP contribution in [0.3, 0.4) is 0 Å². The average Bonchev–Trinajstić information content (AvgIpc) is 2.78. The Kier molecular flexibility index (Phi) is 5.57. The Morgan fingerprint density at radius 1 is 0.903 bits per heavy atom. The monoisotopic (exact) mass is 421 g/mol. The van der Waals surface area contributed by atoms with Crippen LogP contribution in [0, 0.1) is 0 Å². The van der Waals surface area contributed by atoms with Crippen LogP contribution in [-0.4, -0.2) is 31.3 Å². The first-order chi connectivity index (χ1) is 15.1. The number of anilines is 2. The number of nitrogens with one attached hydrogen (secondary N) is 1. The first-order valence-electron chi connectivity index (χ1n) is 9.20. The van der Waals surface area contributed by atoms with Crippen LogP contribution < -0.4 is 29.9 Å². The van der Waals surface area contributed by atoms with Crippen molar-refractivity contribution in [3.63, 3.8) is 0 Å². The van der Waals surface area contributed by atoms with Crippen molar-refractivity contribution in [2.24, 2.45) is 0 Å². The van der Waals surface area contributed by atoms with Gasteiger partial charge in [-0.2, -0.15) is 4.98 Å². The van der Waals surface area contributed by atoms with Crippen molar-refractivity contribution in [3.05, 3.63) is 65.3 Å². The van der Waals surface area contributed by atoms with Crippen LogP contribution in [-0.2, 0) is 0 Å². The number of hydrogen-bond acceptors (Lipinski definition) is 9. The first kappa shape index (κ1) is 20.0. The van der Waals surface area contributed by atoms with Gasteiger partial charge in [-0.25, -0.2) is 4.79 Å². The highest BCUT2D eigenvalue weighted by atomic mass is 16.5. The smallest absolute Gasteiger partial charge is 0.336 e. The molecule has 0 fully saturated rings. The van der Waals surface area contributed by atoms with Gasteiger partial charge in [-0.15, -0.1) is 0 Å². The SMILES string of the molecule is COc1cc(Nc2cncc(Oc3ccc4ccc(=O)oc4c3)n2)cc(OC)c1OC. The standard InChI is InChI=1S/C22H19N3O6/c1-27-17-8-14(9-18(28-2)22(17)29-3)24-19-11-23-12-20(25-19)30-15-6-4-13-5-7-21(26)31-16(13)10-15/h4-12H,1-3H3,(H,24,25). The molecule has 31 heavy (non-hydrogen) atoms. The summed E-state index contributed by atoms with van der Waals surface area (Å²) in [5.41, 5.74) is 0.652. The molecule has 0 spiro atoms. The highest BCUT2D eigenvalue weighted by Crippen LogP contribution is 2.40. The van der Waals surface area contributed by atoms with Crippen LogP contribution in [0.25, 0.3) is 11.0 Å². The average molecular weight is 421 g/mol. The zero-order valence-electron chi connectivity index (χ0n) is 17.0. The van der Waals surface area contributed by atoms with Gasteiger partial charge in [0.2, 0.25) is 11.6 Å². The molecule has 2 aromatic heterocycles. The second-order valence-corrected chi connectivity index (χ2v) is 6.34. The number of rotatable bonds is 7. The van der Waals surface area contributed by atoms with Gasteiger partial charge in [0.25, 0.3) is 0 Å². The fourth-order valence-electron chi connectivity index (χ4n) is 2.98. The lowest BCUT2D eigenvalue weighted by Crippen LogP contribution is -2.00. The maximum atomic E-state index is 11.4. The second-order valence-electron chi connectivity index (χ2n) is 6.34. The lowest BCUT2D eigenvalue weighted by atomic mass is 10.2. The van der Waals surface area contributed by atoms with Gasteiger partial charge in [0, 0.05) is 35.3 Å². The fraction of sp³-hybridized carbons (Fsp3) is 0.136. The van der Waals surface area contributed by atoms with Crippen LogP contribution in [0.1, 0.15) is 0 Å². The Bertz CT molecular complexity index is 1260. The van der Waals surface area contributed by atoms with E-state index in [1.165, 1.54) is 19.4 Å². The molecule has 0 aliphatic heterocycles. The molecule has 0 aliphatic rings. The van der Waals surface area contributed by atoms with Crippen molar-refractivity contribution >= 4 is 22.5 Å². The highest BCUT2D eigenvalue weighted by Gasteiger charge is 2.14. The van der Waals surface area contributed by atoms with Crippen molar-refractivity contribution in [1.82, 2.24) is 9.97 Å². The quantitative estimate of drug-likeness (QED) is 0.441. The van der Waals surface area contributed by atoms with Crippen molar-refractivity contribution in [2.75, 3.05) is 26.6 Å². The largest absolute Gasteiger partial charge is 0.493 e. The maximum Gasteiger partial charge on any atom is 0.336 e. The summed E-state index contributed by atoms with van der Waals surface area (Å²) in [6, 6.07) is 11.7. The number of ether oxygens (including phenoxy) is 4. The number of aromatic nitrogens is 2. The van der Waals surface area contributed by atoms with Crippen LogP contribution in [0.4, 0.5) is 11.5 Å². The summed E-state index contributed by atoms with van der Waals surface area (Å²) in [6.07, 6.45) is 3.03. The molecule has 2 aromatic carbocycles. The third-order valence-electron chi connectivity index (χ3n) is 4.37. The Morgan fingerprint density at radius 3 is 2.35 bits per heavy atom. The van der Waals surface area contributed by atoms with E-state index in [1.807, 2.05) is 0 Å². The minimum Gasteiger partial charge on any atom is -0.493 e. The van der Waals surface area contributed by atoms with Gasteiger partial charge in [0.15, 0.2) is 17.3 Å². The van der Waals surface area contributed by atoms with E-state index < -0.39 is 5.63 Å². The molecule has 4 rings (SSSR count). The number of hydrogen-bond donors (Lipinski definition) is 1. The molecule has 9 nitrogen and oxygen atoms in total. The van der Waals surface area contributed by atoms with Gasteiger partial charge in [-0.3, -0.25) is 4.98 Å². The minimum absolute atomic E-state index is 0.259. The van der Waals surface area contributed by atoms with E-state index in [1.54, 1.807) is 56.8 Å². The van der Waals surface area contributed by atoms with E-state index in [9.17, 15) is 4.79 Å². The molecular formula is C22H19N3O6. The Hall–Kier alpha value is -4.27. The van der Waals surface area contributed by atoms with Gasteiger partial charge in [-0.1, -0.05) is 0 Å². The molecule has 9 heteroatoms. The molecule has 2 heterocycles. The Labute approximate surface area is 177 Å². The van der Waals surface area contributed by atoms with Gasteiger partial charge < -0.3 is 28.7 Å². The Morgan fingerprint density at radius 2 is 1.65 bits per heavy atom. The fourth-order valence-corrected chi connectivity index (χ4v) is 2.98. The van der Waals surface area contributed by atoms with Crippen LogP contribution in [0.2, 0.25) is 0 Å². The zero-order chi connectivity index (χ0) is 21.8. The van der Waals surface area contributed by atoms with Gasteiger partial charge in [0.1, 0.15) is 11.3 Å². The number of nitrogens with zero attached hydrogens (tertiary/aromatic N) is 2. The predicted octanol–water partition coefficient (Wildman–Crippen LogP) is 4.14. The molecule has 0 atom stereocenters. The zero-order valence-corrected chi connectivity index (χ0v) is 17.0. The van der Waals surface area contributed by atoms with Crippen molar-refractivity contribution in [2.45, 2.75) is 0 Å². The number of fused-ring (bicyclic) bond motifs is 1. The first-order valence-corrected chi connectivity index (χ1v) is 9.20. The molecule has 0 aliphatic carbocycles. The van der Waals surface area contributed by atoms with Crippen LogP contribution >= 0.6 is 0 Å². The van der Waals surface area contributed by atoms with E-state index in [0.717, 1.165) is 5.39 Å². The summed E-state index contributed by atoms with van der Waals surface area (Å²) < 4.78 is 27.0. The summed E-state index contributed by atoms with van der Waals surface area (Å²) >= 11 is 0. The molecule has 1 N–H and O–H groups in total. The highest BCUT2D eigenvalue weighted by molar-refractivity contribution is 5.77. The molecule has 158 valence electrons. The minimum atomic E-state index is -0.430. The van der Waals surface area contributed by atoms with Crippen LogP contribution in [0.15, 0.2) is 64.1 Å². The van der Waals surface area contributed by atoms with Crippen molar-refractivity contribution < 1.29 is 23.4 Å². The van der Waals surface area contributed by atoms with Gasteiger partial charge in [0.05, 0.1) is 33.7 Å². The molecule has 0 unspecified atom stereocenters. The van der Waals surface area contributed by atoms with Crippen LogP contribution in [0.5, 0.6) is 28.9 Å². The molecule has 0 amide bonds. The molecule has 0 radical (unpaired) electrons. The van der Waals surface area contributed by atoms with E-state index >= 15 is 0 Å². The second kappa shape index (κ2) is 8.62. The molecule has 0 bridgehead atoms. The maximum absolute atomic E-state index is 11.4. The molecule has 0 saturated carbocycles. The molecule has 0 saturated heterocycles. The summed E-state index contributed by atoms with van der Waals surface area (Å²) in [5, 5.41) is 3.93. The third-order valence-corrected chi connectivity index (χ3v) is 4.37. The third kappa shape index (κ3) is 4.35. The van der Waals surface area contributed by atoms with Gasteiger partial charge in [-0.05, 0) is 18.2 Å². The lowest BCUT2D eigenvalue weighted by molar-refractivity contribution is 0.324. The van der Waals surface area contributed by atoms with E-state index in [2.05, 4.69) is 15.3 Å². The summed E-state index contributed by atoms with van der Waals surface area (Å²) in [7, 11) is 4.62. The number of methoxy groups -OCH3 is 3. The lowest BCUT2D eigenvalue weighted by Gasteiger charge is -2.15. The predicted molar refractivity (Wildman–Crippen MR) is 114 cm³/mol. The van der Waals surface area contributed by atoms with Crippen molar-refractivity contribution in [1.29, 1.82) is 0 Å². The summed E-state index contributed by atoms with van der Waals surface area (Å²) in [5.74, 6) is 2.65. The van der Waals surface area contributed by atoms with E-state index in [4.69, 9.17) is 23.4 Å². The van der Waals surface area contributed by atoms with E-state index in [-0.39, 0.29) is 5.88 Å². The summed E-state index contributed by atoms with van der Waals surface area (Å²) in [4.78, 5) is 20.0.